The van der Waals surface area contributed by atoms with Crippen LogP contribution in [0.5, 0.6) is 0 Å². The fourth-order valence-corrected chi connectivity index (χ4v) is 4.83. The largest absolute Gasteiger partial charge is 0.385 e. The van der Waals surface area contributed by atoms with Gasteiger partial charge in [0.15, 0.2) is 0 Å². The van der Waals surface area contributed by atoms with E-state index in [9.17, 15) is 14.4 Å². The lowest BCUT2D eigenvalue weighted by Gasteiger charge is -2.42. The minimum Gasteiger partial charge on any atom is -0.385 e. The Hall–Kier alpha value is -2.41. The van der Waals surface area contributed by atoms with Crippen molar-refractivity contribution in [1.29, 1.82) is 0 Å². The number of methoxy groups -OCH3 is 1. The summed E-state index contributed by atoms with van der Waals surface area (Å²) >= 11 is 0. The molecule has 3 fully saturated rings. The van der Waals surface area contributed by atoms with Crippen LogP contribution in [-0.4, -0.2) is 71.4 Å². The number of benzene rings is 1. The number of likely N-dealkylation sites (tertiary alicyclic amines) is 1. The van der Waals surface area contributed by atoms with Gasteiger partial charge in [-0.3, -0.25) is 14.5 Å². The zero-order valence-electron chi connectivity index (χ0n) is 18.4. The summed E-state index contributed by atoms with van der Waals surface area (Å²) in [6.07, 6.45) is 5.70. The molecule has 1 aromatic carbocycles. The minimum atomic E-state index is -0.854. The first kappa shape index (κ1) is 21.8. The molecule has 0 bridgehead atoms. The quantitative estimate of drug-likeness (QED) is 0.449. The van der Waals surface area contributed by atoms with E-state index >= 15 is 0 Å². The SMILES string of the molecule is COCCCN1C(=O)N(Cc2ccccc2)C2(CCN(C(=O)CCC3CC3)CC2)C1=O. The number of carbonyl (C=O) groups excluding carboxylic acids is 3. The summed E-state index contributed by atoms with van der Waals surface area (Å²) in [6.45, 7) is 2.33. The topological polar surface area (TPSA) is 70.2 Å². The van der Waals surface area contributed by atoms with Crippen LogP contribution < -0.4 is 0 Å². The second-order valence-corrected chi connectivity index (χ2v) is 9.05. The number of carbonyl (C=O) groups is 3. The molecule has 0 unspecified atom stereocenters. The Morgan fingerprint density at radius 2 is 1.84 bits per heavy atom. The maximum absolute atomic E-state index is 13.5. The third-order valence-corrected chi connectivity index (χ3v) is 6.94. The van der Waals surface area contributed by atoms with Crippen LogP contribution in [0.15, 0.2) is 30.3 Å². The fourth-order valence-electron chi connectivity index (χ4n) is 4.83. The lowest BCUT2D eigenvalue weighted by Crippen LogP contribution is -2.57. The third-order valence-electron chi connectivity index (χ3n) is 6.94. The van der Waals surface area contributed by atoms with Crippen molar-refractivity contribution >= 4 is 17.8 Å². The number of piperidine rings is 1. The van der Waals surface area contributed by atoms with Crippen LogP contribution in [0.3, 0.4) is 0 Å². The van der Waals surface area contributed by atoms with E-state index in [-0.39, 0.29) is 17.8 Å². The second-order valence-electron chi connectivity index (χ2n) is 9.05. The van der Waals surface area contributed by atoms with Crippen molar-refractivity contribution in [3.8, 4) is 0 Å². The Bertz CT molecular complexity index is 800. The molecule has 1 spiro atoms. The summed E-state index contributed by atoms with van der Waals surface area (Å²) in [5.74, 6) is 0.802. The molecule has 7 heteroatoms. The maximum atomic E-state index is 13.5. The van der Waals surface area contributed by atoms with Crippen molar-refractivity contribution < 1.29 is 19.1 Å². The van der Waals surface area contributed by atoms with Crippen LogP contribution in [0.25, 0.3) is 0 Å². The van der Waals surface area contributed by atoms with Crippen LogP contribution in [0.2, 0.25) is 0 Å². The van der Waals surface area contributed by atoms with E-state index in [1.54, 1.807) is 12.0 Å². The van der Waals surface area contributed by atoms with Crippen molar-refractivity contribution in [1.82, 2.24) is 14.7 Å². The third kappa shape index (κ3) is 4.61. The second kappa shape index (κ2) is 9.39. The highest BCUT2D eigenvalue weighted by Crippen LogP contribution is 2.39. The number of hydrogen-bond acceptors (Lipinski definition) is 4. The fraction of sp³-hybridized carbons (Fsp3) is 0.625. The van der Waals surface area contributed by atoms with Crippen molar-refractivity contribution in [2.45, 2.75) is 57.0 Å². The van der Waals surface area contributed by atoms with Gasteiger partial charge in [0.05, 0.1) is 0 Å². The summed E-state index contributed by atoms with van der Waals surface area (Å²) in [5, 5.41) is 0. The molecule has 1 aromatic rings. The molecule has 4 rings (SSSR count). The van der Waals surface area contributed by atoms with Gasteiger partial charge < -0.3 is 14.5 Å². The van der Waals surface area contributed by atoms with E-state index in [0.717, 1.165) is 17.9 Å². The van der Waals surface area contributed by atoms with Gasteiger partial charge in [0.1, 0.15) is 5.54 Å². The van der Waals surface area contributed by atoms with Crippen molar-refractivity contribution in [2.24, 2.45) is 5.92 Å². The molecule has 0 radical (unpaired) electrons. The molecule has 1 aliphatic carbocycles. The van der Waals surface area contributed by atoms with Crippen LogP contribution in [0, 0.1) is 5.92 Å². The van der Waals surface area contributed by atoms with Gasteiger partial charge in [-0.2, -0.15) is 0 Å². The Morgan fingerprint density at radius 3 is 2.48 bits per heavy atom. The summed E-state index contributed by atoms with van der Waals surface area (Å²) in [4.78, 5) is 44.5. The number of nitrogens with zero attached hydrogens (tertiary/aromatic N) is 3. The van der Waals surface area contributed by atoms with E-state index < -0.39 is 5.54 Å². The molecule has 0 atom stereocenters. The predicted molar refractivity (Wildman–Crippen MR) is 116 cm³/mol. The highest BCUT2D eigenvalue weighted by atomic mass is 16.5. The molecule has 1 saturated carbocycles. The molecular formula is C24H33N3O4. The first-order valence-corrected chi connectivity index (χ1v) is 11.5. The highest BCUT2D eigenvalue weighted by Gasteiger charge is 2.57. The normalized spacial score (nSPS) is 20.7. The number of hydrogen-bond donors (Lipinski definition) is 0. The molecule has 2 saturated heterocycles. The molecule has 7 nitrogen and oxygen atoms in total. The molecule has 2 aliphatic heterocycles. The average Bonchev–Trinajstić information content (AvgIpc) is 3.61. The molecular weight excluding hydrogens is 394 g/mol. The van der Waals surface area contributed by atoms with Gasteiger partial charge in [-0.1, -0.05) is 43.2 Å². The summed E-state index contributed by atoms with van der Waals surface area (Å²) in [7, 11) is 1.62. The minimum absolute atomic E-state index is 0.116. The van der Waals surface area contributed by atoms with Crippen LogP contribution in [0.1, 0.15) is 50.5 Å². The number of rotatable bonds is 9. The Balaban J connectivity index is 1.48. The Kier molecular flexibility index (Phi) is 6.60. The maximum Gasteiger partial charge on any atom is 0.327 e. The van der Waals surface area contributed by atoms with E-state index in [1.165, 1.54) is 17.7 Å². The monoisotopic (exact) mass is 427 g/mol. The van der Waals surface area contributed by atoms with Gasteiger partial charge in [-0.25, -0.2) is 4.79 Å². The van der Waals surface area contributed by atoms with Crippen molar-refractivity contribution in [3.05, 3.63) is 35.9 Å². The van der Waals surface area contributed by atoms with Gasteiger partial charge in [0.2, 0.25) is 5.91 Å². The summed E-state index contributed by atoms with van der Waals surface area (Å²) in [5.41, 5.74) is 0.150. The van der Waals surface area contributed by atoms with Gasteiger partial charge in [0.25, 0.3) is 5.91 Å². The lowest BCUT2D eigenvalue weighted by molar-refractivity contribution is -0.141. The van der Waals surface area contributed by atoms with E-state index in [2.05, 4.69) is 0 Å². The lowest BCUT2D eigenvalue weighted by atomic mass is 9.85. The van der Waals surface area contributed by atoms with Crippen LogP contribution >= 0.6 is 0 Å². The van der Waals surface area contributed by atoms with Crippen molar-refractivity contribution in [3.63, 3.8) is 0 Å². The predicted octanol–water partition coefficient (Wildman–Crippen LogP) is 3.04. The standard InChI is InChI=1S/C24H33N3O4/c1-31-17-5-14-26-22(29)24(27(23(26)30)18-20-6-3-2-4-7-20)12-15-25(16-13-24)21(28)11-10-19-8-9-19/h2-4,6-7,19H,5,8-18H2,1H3. The van der Waals surface area contributed by atoms with Crippen molar-refractivity contribution in [2.75, 3.05) is 33.4 Å². The number of ether oxygens (including phenoxy) is 1. The molecule has 4 amide bonds. The Morgan fingerprint density at radius 1 is 1.13 bits per heavy atom. The Labute approximate surface area is 184 Å². The van der Waals surface area contributed by atoms with E-state index in [0.29, 0.717) is 58.5 Å². The van der Waals surface area contributed by atoms with E-state index in [1.807, 2.05) is 35.2 Å². The highest BCUT2D eigenvalue weighted by molar-refractivity contribution is 6.07. The molecule has 2 heterocycles. The van der Waals surface area contributed by atoms with E-state index in [4.69, 9.17) is 4.74 Å². The molecule has 0 aromatic heterocycles. The van der Waals surface area contributed by atoms with Gasteiger partial charge in [-0.15, -0.1) is 0 Å². The summed E-state index contributed by atoms with van der Waals surface area (Å²) in [6, 6.07) is 9.58. The average molecular weight is 428 g/mol. The van der Waals surface area contributed by atoms with Crippen LogP contribution in [-0.2, 0) is 20.9 Å². The smallest absolute Gasteiger partial charge is 0.327 e. The molecule has 168 valence electrons. The molecule has 0 N–H and O–H groups in total. The first-order valence-electron chi connectivity index (χ1n) is 11.5. The van der Waals surface area contributed by atoms with Gasteiger partial charge >= 0.3 is 6.03 Å². The molecule has 3 aliphatic rings. The summed E-state index contributed by atoms with van der Waals surface area (Å²) < 4.78 is 5.11. The number of amides is 4. The zero-order valence-corrected chi connectivity index (χ0v) is 18.4. The zero-order chi connectivity index (χ0) is 21.8. The van der Waals surface area contributed by atoms with Crippen LogP contribution in [0.4, 0.5) is 4.79 Å². The number of imide groups is 1. The first-order chi connectivity index (χ1) is 15.0. The van der Waals surface area contributed by atoms with Gasteiger partial charge in [0, 0.05) is 46.3 Å². The molecule has 31 heavy (non-hydrogen) atoms. The van der Waals surface area contributed by atoms with Gasteiger partial charge in [-0.05, 0) is 37.2 Å². The number of urea groups is 1.